The number of fused-ring (bicyclic) bond motifs is 1. The summed E-state index contributed by atoms with van der Waals surface area (Å²) in [5.74, 6) is 0.692. The molecular weight excluding hydrogens is 270 g/mol. The van der Waals surface area contributed by atoms with Crippen LogP contribution in [0.4, 0.5) is 5.82 Å². The van der Waals surface area contributed by atoms with Gasteiger partial charge in [-0.25, -0.2) is 4.98 Å². The molecule has 0 aromatic carbocycles. The second kappa shape index (κ2) is 4.91. The lowest BCUT2D eigenvalue weighted by Crippen LogP contribution is -2.07. The van der Waals surface area contributed by atoms with Gasteiger partial charge in [-0.3, -0.25) is 0 Å². The smallest absolute Gasteiger partial charge is 0.226 e. The number of rotatable bonds is 4. The van der Waals surface area contributed by atoms with Crippen molar-refractivity contribution < 1.29 is 0 Å². The molecule has 0 aliphatic carbocycles. The molecule has 7 heteroatoms. The molecule has 0 spiro atoms. The van der Waals surface area contributed by atoms with Gasteiger partial charge in [0.1, 0.15) is 5.52 Å². The van der Waals surface area contributed by atoms with Crippen LogP contribution >= 0.6 is 22.9 Å². The summed E-state index contributed by atoms with van der Waals surface area (Å²) in [6.45, 7) is 0.790. The summed E-state index contributed by atoms with van der Waals surface area (Å²) in [5.41, 5.74) is 2.67. The fourth-order valence-electron chi connectivity index (χ4n) is 1.69. The number of hydrogen-bond donors (Lipinski definition) is 2. The molecule has 0 aliphatic heterocycles. The van der Waals surface area contributed by atoms with Crippen molar-refractivity contribution in [1.29, 1.82) is 0 Å². The van der Waals surface area contributed by atoms with Crippen molar-refractivity contribution in [2.24, 2.45) is 0 Å². The number of halogens is 1. The zero-order chi connectivity index (χ0) is 12.4. The predicted molar refractivity (Wildman–Crippen MR) is 73.2 cm³/mol. The Morgan fingerprint density at radius 1 is 1.39 bits per heavy atom. The molecule has 0 bridgehead atoms. The molecule has 0 atom stereocenters. The number of aromatic amines is 1. The average Bonchev–Trinajstić information content (AvgIpc) is 2.98. The van der Waals surface area contributed by atoms with E-state index in [0.29, 0.717) is 11.5 Å². The normalized spacial score (nSPS) is 10.9. The van der Waals surface area contributed by atoms with Crippen molar-refractivity contribution >= 4 is 39.9 Å². The number of H-pyrrole nitrogens is 1. The SMILES string of the molecule is Clc1nc(NCCc2ccsc2)c2[nH]cnc2n1. The fourth-order valence-corrected chi connectivity index (χ4v) is 2.56. The Morgan fingerprint density at radius 3 is 3.17 bits per heavy atom. The van der Waals surface area contributed by atoms with Crippen LogP contribution in [0.15, 0.2) is 23.2 Å². The van der Waals surface area contributed by atoms with E-state index in [4.69, 9.17) is 11.6 Å². The summed E-state index contributed by atoms with van der Waals surface area (Å²) in [4.78, 5) is 15.3. The Morgan fingerprint density at radius 2 is 2.33 bits per heavy atom. The van der Waals surface area contributed by atoms with Gasteiger partial charge in [0, 0.05) is 6.54 Å². The molecule has 0 amide bonds. The second-order valence-electron chi connectivity index (χ2n) is 3.75. The van der Waals surface area contributed by atoms with Crippen molar-refractivity contribution in [3.05, 3.63) is 34.0 Å². The van der Waals surface area contributed by atoms with E-state index in [1.807, 2.05) is 0 Å². The molecule has 0 saturated carbocycles. The van der Waals surface area contributed by atoms with Crippen LogP contribution in [-0.2, 0) is 6.42 Å². The minimum Gasteiger partial charge on any atom is -0.368 e. The third-order valence-electron chi connectivity index (χ3n) is 2.54. The Balaban J connectivity index is 1.75. The second-order valence-corrected chi connectivity index (χ2v) is 4.87. The summed E-state index contributed by atoms with van der Waals surface area (Å²) in [5, 5.41) is 7.66. The highest BCUT2D eigenvalue weighted by molar-refractivity contribution is 7.07. The third-order valence-corrected chi connectivity index (χ3v) is 3.45. The van der Waals surface area contributed by atoms with Gasteiger partial charge in [-0.1, -0.05) is 0 Å². The van der Waals surface area contributed by atoms with Gasteiger partial charge in [0.15, 0.2) is 11.5 Å². The summed E-state index contributed by atoms with van der Waals surface area (Å²) in [6, 6.07) is 2.12. The van der Waals surface area contributed by atoms with Crippen LogP contribution in [0.25, 0.3) is 11.2 Å². The highest BCUT2D eigenvalue weighted by Gasteiger charge is 2.08. The number of anilines is 1. The number of hydrogen-bond acceptors (Lipinski definition) is 5. The summed E-state index contributed by atoms with van der Waals surface area (Å²) in [7, 11) is 0. The van der Waals surface area contributed by atoms with Crippen molar-refractivity contribution in [1.82, 2.24) is 19.9 Å². The number of aromatic nitrogens is 4. The van der Waals surface area contributed by atoms with Crippen molar-refractivity contribution in [3.8, 4) is 0 Å². The van der Waals surface area contributed by atoms with Gasteiger partial charge in [-0.15, -0.1) is 0 Å². The van der Waals surface area contributed by atoms with E-state index in [1.165, 1.54) is 5.56 Å². The molecule has 0 saturated heterocycles. The monoisotopic (exact) mass is 279 g/mol. The highest BCUT2D eigenvalue weighted by atomic mass is 35.5. The zero-order valence-electron chi connectivity index (χ0n) is 9.35. The first-order valence-corrected chi connectivity index (χ1v) is 6.76. The number of nitrogens with zero attached hydrogens (tertiary/aromatic N) is 3. The maximum absolute atomic E-state index is 5.84. The molecular formula is C11H10ClN5S. The van der Waals surface area contributed by atoms with Crippen LogP contribution < -0.4 is 5.32 Å². The van der Waals surface area contributed by atoms with E-state index in [9.17, 15) is 0 Å². The number of nitrogens with one attached hydrogen (secondary N) is 2. The van der Waals surface area contributed by atoms with Gasteiger partial charge in [0.2, 0.25) is 5.28 Å². The molecule has 5 nitrogen and oxygen atoms in total. The molecule has 0 fully saturated rings. The first-order valence-electron chi connectivity index (χ1n) is 5.44. The van der Waals surface area contributed by atoms with E-state index in [1.54, 1.807) is 17.7 Å². The first kappa shape index (κ1) is 11.4. The maximum Gasteiger partial charge on any atom is 0.226 e. The van der Waals surface area contributed by atoms with E-state index < -0.39 is 0 Å². The van der Waals surface area contributed by atoms with Crippen molar-refractivity contribution in [3.63, 3.8) is 0 Å². The summed E-state index contributed by atoms with van der Waals surface area (Å²) < 4.78 is 0. The van der Waals surface area contributed by atoms with Crippen LogP contribution in [0.1, 0.15) is 5.56 Å². The Kier molecular flexibility index (Phi) is 3.12. The van der Waals surface area contributed by atoms with Gasteiger partial charge in [0.25, 0.3) is 0 Å². The molecule has 3 aromatic heterocycles. The number of imidazole rings is 1. The van der Waals surface area contributed by atoms with Crippen LogP contribution in [0.2, 0.25) is 5.28 Å². The fraction of sp³-hybridized carbons (Fsp3) is 0.182. The zero-order valence-corrected chi connectivity index (χ0v) is 10.9. The molecule has 18 heavy (non-hydrogen) atoms. The van der Waals surface area contributed by atoms with Gasteiger partial charge < -0.3 is 10.3 Å². The maximum atomic E-state index is 5.84. The quantitative estimate of drug-likeness (QED) is 0.721. The largest absolute Gasteiger partial charge is 0.368 e. The molecule has 3 rings (SSSR count). The van der Waals surface area contributed by atoms with Crippen LogP contribution in [0, 0.1) is 0 Å². The van der Waals surface area contributed by atoms with Gasteiger partial charge in [-0.05, 0) is 40.4 Å². The van der Waals surface area contributed by atoms with E-state index in [-0.39, 0.29) is 5.28 Å². The molecule has 92 valence electrons. The Hall–Kier alpha value is -1.66. The lowest BCUT2D eigenvalue weighted by atomic mass is 10.2. The lowest BCUT2D eigenvalue weighted by molar-refractivity contribution is 1.01. The molecule has 0 unspecified atom stereocenters. The predicted octanol–water partition coefficient (Wildman–Crippen LogP) is 2.72. The molecule has 3 heterocycles. The highest BCUT2D eigenvalue weighted by Crippen LogP contribution is 2.18. The minimum absolute atomic E-state index is 0.202. The Labute approximate surface area is 112 Å². The van der Waals surface area contributed by atoms with Gasteiger partial charge in [0.05, 0.1) is 6.33 Å². The summed E-state index contributed by atoms with van der Waals surface area (Å²) >= 11 is 7.55. The van der Waals surface area contributed by atoms with E-state index in [0.717, 1.165) is 18.5 Å². The van der Waals surface area contributed by atoms with Crippen LogP contribution in [0.3, 0.4) is 0 Å². The van der Waals surface area contributed by atoms with Crippen molar-refractivity contribution in [2.45, 2.75) is 6.42 Å². The number of thiophene rings is 1. The molecule has 3 aromatic rings. The van der Waals surface area contributed by atoms with E-state index in [2.05, 4.69) is 42.1 Å². The molecule has 0 aliphatic rings. The van der Waals surface area contributed by atoms with Crippen molar-refractivity contribution in [2.75, 3.05) is 11.9 Å². The van der Waals surface area contributed by atoms with Gasteiger partial charge in [-0.2, -0.15) is 21.3 Å². The topological polar surface area (TPSA) is 66.5 Å². The van der Waals surface area contributed by atoms with Crippen LogP contribution in [0.5, 0.6) is 0 Å². The average molecular weight is 280 g/mol. The first-order chi connectivity index (χ1) is 8.83. The van der Waals surface area contributed by atoms with Gasteiger partial charge >= 0.3 is 0 Å². The van der Waals surface area contributed by atoms with E-state index >= 15 is 0 Å². The lowest BCUT2D eigenvalue weighted by Gasteiger charge is -2.05. The molecule has 2 N–H and O–H groups in total. The van der Waals surface area contributed by atoms with Crippen LogP contribution in [-0.4, -0.2) is 26.5 Å². The molecule has 0 radical (unpaired) electrons. The standard InChI is InChI=1S/C11H10ClN5S/c12-11-16-9(8-10(17-11)15-6-14-8)13-3-1-7-2-4-18-5-7/h2,4-6H,1,3H2,(H2,13,14,15,16,17). The third kappa shape index (κ3) is 2.30. The Bertz CT molecular complexity index is 649. The summed E-state index contributed by atoms with van der Waals surface area (Å²) in [6.07, 6.45) is 2.53. The minimum atomic E-state index is 0.202.